The zero-order valence-electron chi connectivity index (χ0n) is 14.7. The molecule has 1 unspecified atom stereocenters. The van der Waals surface area contributed by atoms with Crippen LogP contribution in [0.4, 0.5) is 5.00 Å². The van der Waals surface area contributed by atoms with Crippen LogP contribution in [0.15, 0.2) is 24.3 Å². The number of carbonyl (C=O) groups is 2. The zero-order chi connectivity index (χ0) is 18.8. The molecule has 3 rings (SSSR count). The molecule has 1 aliphatic rings. The predicted molar refractivity (Wildman–Crippen MR) is 109 cm³/mol. The summed E-state index contributed by atoms with van der Waals surface area (Å²) in [5.74, 6) is -0.173. The van der Waals surface area contributed by atoms with Crippen LogP contribution < -0.4 is 16.4 Å². The average molecular weight is 388 g/mol. The van der Waals surface area contributed by atoms with Gasteiger partial charge in [-0.05, 0) is 62.0 Å². The summed E-state index contributed by atoms with van der Waals surface area (Å²) in [6.45, 7) is 4.16. The van der Waals surface area contributed by atoms with Gasteiger partial charge in [-0.15, -0.1) is 11.3 Å². The van der Waals surface area contributed by atoms with E-state index in [1.807, 2.05) is 19.1 Å². The molecule has 2 amide bonds. The lowest BCUT2D eigenvalue weighted by molar-refractivity contribution is 0.0975. The molecule has 0 bridgehead atoms. The van der Waals surface area contributed by atoms with Gasteiger partial charge in [-0.2, -0.15) is 0 Å². The van der Waals surface area contributed by atoms with Crippen molar-refractivity contribution in [3.8, 4) is 0 Å². The van der Waals surface area contributed by atoms with E-state index in [0.717, 1.165) is 30.4 Å². The van der Waals surface area contributed by atoms with Crippen molar-refractivity contribution >= 4 is 45.5 Å². The fraction of sp³-hybridized carbons (Fsp3) is 0.316. The molecule has 0 radical (unpaired) electrons. The summed E-state index contributed by atoms with van der Waals surface area (Å²) >= 11 is 6.76. The largest absolute Gasteiger partial charge is 0.365 e. The molecule has 1 atom stereocenters. The normalized spacial score (nSPS) is 15.8. The Balaban J connectivity index is 1.76. The Bertz CT molecular complexity index is 872. The lowest BCUT2D eigenvalue weighted by Gasteiger charge is -2.18. The van der Waals surface area contributed by atoms with Gasteiger partial charge in [-0.1, -0.05) is 24.6 Å². The van der Waals surface area contributed by atoms with Crippen LogP contribution >= 0.6 is 23.6 Å². The van der Waals surface area contributed by atoms with Gasteiger partial charge in [0.25, 0.3) is 11.8 Å². The van der Waals surface area contributed by atoms with Crippen molar-refractivity contribution in [2.45, 2.75) is 33.1 Å². The molecule has 0 aliphatic heterocycles. The number of fused-ring (bicyclic) bond motifs is 1. The number of rotatable bonds is 3. The number of benzene rings is 1. The molecule has 0 spiro atoms. The van der Waals surface area contributed by atoms with Crippen molar-refractivity contribution in [1.29, 1.82) is 0 Å². The number of carbonyl (C=O) groups excluding carboxylic acids is 2. The van der Waals surface area contributed by atoms with Crippen molar-refractivity contribution in [3.63, 3.8) is 0 Å². The highest BCUT2D eigenvalue weighted by Gasteiger charge is 2.27. The molecule has 26 heavy (non-hydrogen) atoms. The van der Waals surface area contributed by atoms with Gasteiger partial charge in [0.1, 0.15) is 5.00 Å². The average Bonchev–Trinajstić information content (AvgIpc) is 2.91. The smallest absolute Gasteiger partial charge is 0.257 e. The number of thiophene rings is 1. The first kappa shape index (κ1) is 18.5. The number of amides is 2. The van der Waals surface area contributed by atoms with Crippen molar-refractivity contribution < 1.29 is 9.59 Å². The molecule has 0 saturated heterocycles. The second-order valence-corrected chi connectivity index (χ2v) is 8.21. The summed E-state index contributed by atoms with van der Waals surface area (Å²) < 4.78 is 0. The fourth-order valence-corrected chi connectivity index (χ4v) is 4.79. The van der Waals surface area contributed by atoms with Gasteiger partial charge < -0.3 is 11.1 Å². The van der Waals surface area contributed by atoms with Crippen LogP contribution in [0.2, 0.25) is 0 Å². The molecule has 1 aliphatic carbocycles. The van der Waals surface area contributed by atoms with Crippen molar-refractivity contribution in [2.75, 3.05) is 5.32 Å². The molecular formula is C19H21N3O2S2. The first-order chi connectivity index (χ1) is 12.3. The lowest BCUT2D eigenvalue weighted by Crippen LogP contribution is -2.34. The maximum atomic E-state index is 12.3. The Morgan fingerprint density at radius 1 is 1.27 bits per heavy atom. The molecule has 5 nitrogen and oxygen atoms in total. The molecule has 4 N–H and O–H groups in total. The first-order valence-electron chi connectivity index (χ1n) is 8.48. The molecular weight excluding hydrogens is 366 g/mol. The van der Waals surface area contributed by atoms with Gasteiger partial charge in [0.2, 0.25) is 0 Å². The minimum atomic E-state index is -0.466. The van der Waals surface area contributed by atoms with Crippen LogP contribution in [0.3, 0.4) is 0 Å². The van der Waals surface area contributed by atoms with Gasteiger partial charge in [-0.25, -0.2) is 0 Å². The Hall–Kier alpha value is -2.25. The van der Waals surface area contributed by atoms with Gasteiger partial charge in [-0.3, -0.25) is 14.9 Å². The van der Waals surface area contributed by atoms with Crippen LogP contribution in [0.25, 0.3) is 0 Å². The number of nitrogens with two attached hydrogens (primary N) is 1. The predicted octanol–water partition coefficient (Wildman–Crippen LogP) is 3.41. The topological polar surface area (TPSA) is 84.2 Å². The summed E-state index contributed by atoms with van der Waals surface area (Å²) in [6, 6.07) is 7.22. The molecule has 2 aromatic rings. The van der Waals surface area contributed by atoms with Crippen LogP contribution in [-0.4, -0.2) is 16.9 Å². The maximum Gasteiger partial charge on any atom is 0.257 e. The molecule has 1 aromatic heterocycles. The van der Waals surface area contributed by atoms with Crippen molar-refractivity contribution in [1.82, 2.24) is 5.32 Å². The molecule has 0 fully saturated rings. The zero-order valence-corrected chi connectivity index (χ0v) is 16.4. The summed E-state index contributed by atoms with van der Waals surface area (Å²) in [7, 11) is 0. The van der Waals surface area contributed by atoms with E-state index in [9.17, 15) is 9.59 Å². The van der Waals surface area contributed by atoms with Crippen molar-refractivity contribution in [2.24, 2.45) is 11.7 Å². The highest BCUT2D eigenvalue weighted by molar-refractivity contribution is 7.80. The number of anilines is 1. The lowest BCUT2D eigenvalue weighted by atomic mass is 9.88. The number of thiocarbonyl (C=S) groups is 1. The maximum absolute atomic E-state index is 12.3. The Labute approximate surface area is 162 Å². The third-order valence-electron chi connectivity index (χ3n) is 4.53. The summed E-state index contributed by atoms with van der Waals surface area (Å²) in [5.41, 5.74) is 8.72. The third-order valence-corrected chi connectivity index (χ3v) is 5.90. The SMILES string of the molecule is Cc1ccc(C(=O)NC(=S)Nc2sc3c(c2C(N)=O)CCC(C)C3)cc1. The molecule has 0 saturated carbocycles. The van der Waals surface area contributed by atoms with Gasteiger partial charge in [0.05, 0.1) is 5.56 Å². The van der Waals surface area contributed by atoms with Gasteiger partial charge in [0.15, 0.2) is 5.11 Å². The molecule has 1 heterocycles. The summed E-state index contributed by atoms with van der Waals surface area (Å²) in [6.07, 6.45) is 2.82. The fourth-order valence-electron chi connectivity index (χ4n) is 3.11. The molecule has 7 heteroatoms. The van der Waals surface area contributed by atoms with E-state index in [0.29, 0.717) is 22.0 Å². The van der Waals surface area contributed by atoms with E-state index in [1.54, 1.807) is 12.1 Å². The van der Waals surface area contributed by atoms with Crippen LogP contribution in [0, 0.1) is 12.8 Å². The highest BCUT2D eigenvalue weighted by Crippen LogP contribution is 2.39. The van der Waals surface area contributed by atoms with E-state index < -0.39 is 5.91 Å². The number of nitrogens with one attached hydrogen (secondary N) is 2. The monoisotopic (exact) mass is 387 g/mol. The summed E-state index contributed by atoms with van der Waals surface area (Å²) in [5, 5.41) is 6.42. The number of hydrogen-bond acceptors (Lipinski definition) is 4. The minimum Gasteiger partial charge on any atom is -0.365 e. The highest BCUT2D eigenvalue weighted by atomic mass is 32.1. The van der Waals surface area contributed by atoms with Crippen LogP contribution in [0.5, 0.6) is 0 Å². The number of hydrogen-bond donors (Lipinski definition) is 3. The van der Waals surface area contributed by atoms with E-state index >= 15 is 0 Å². The van der Waals surface area contributed by atoms with Crippen LogP contribution in [0.1, 0.15) is 50.1 Å². The van der Waals surface area contributed by atoms with Crippen molar-refractivity contribution in [3.05, 3.63) is 51.4 Å². The second kappa shape index (κ2) is 7.55. The first-order valence-corrected chi connectivity index (χ1v) is 9.71. The Morgan fingerprint density at radius 2 is 1.96 bits per heavy atom. The quantitative estimate of drug-likeness (QED) is 0.705. The third kappa shape index (κ3) is 3.94. The standard InChI is InChI=1S/C19H21N3O2S2/c1-10-3-6-12(7-4-10)17(24)21-19(25)22-18-15(16(20)23)13-8-5-11(2)9-14(13)26-18/h3-4,6-7,11H,5,8-9H2,1-2H3,(H2,20,23)(H2,21,22,24,25). The number of aryl methyl sites for hydroxylation is 1. The van der Waals surface area contributed by atoms with Gasteiger partial charge >= 0.3 is 0 Å². The molecule has 136 valence electrons. The second-order valence-electron chi connectivity index (χ2n) is 6.69. The Kier molecular flexibility index (Phi) is 5.38. The van der Waals surface area contributed by atoms with Crippen LogP contribution in [-0.2, 0) is 12.8 Å². The van der Waals surface area contributed by atoms with E-state index in [4.69, 9.17) is 18.0 Å². The van der Waals surface area contributed by atoms with E-state index in [-0.39, 0.29) is 11.0 Å². The summed E-state index contributed by atoms with van der Waals surface area (Å²) in [4.78, 5) is 25.4. The van der Waals surface area contributed by atoms with Gasteiger partial charge in [0, 0.05) is 10.4 Å². The number of primary amides is 1. The van der Waals surface area contributed by atoms with E-state index in [2.05, 4.69) is 17.6 Å². The Morgan fingerprint density at radius 3 is 2.62 bits per heavy atom. The molecule has 1 aromatic carbocycles. The minimum absolute atomic E-state index is 0.157. The van der Waals surface area contributed by atoms with E-state index in [1.165, 1.54) is 16.2 Å².